The van der Waals surface area contributed by atoms with Crippen molar-refractivity contribution >= 4 is 26.8 Å². The molecule has 3 aromatic carbocycles. The Hall–Kier alpha value is -1.89. The highest BCUT2D eigenvalue weighted by molar-refractivity contribution is 7.75. The summed E-state index contributed by atoms with van der Waals surface area (Å²) in [6.45, 7) is 4.64. The van der Waals surface area contributed by atoms with Crippen molar-refractivity contribution in [2.24, 2.45) is 0 Å². The number of para-hydroxylation sites is 1. The SMILES string of the molecule is C[Si](C)(CP(c1ccccc1)c1ccccc1)Oc1ccccc1. The van der Waals surface area contributed by atoms with Crippen LogP contribution in [0.15, 0.2) is 91.0 Å². The zero-order valence-corrected chi connectivity index (χ0v) is 16.1. The molecular weight excluding hydrogens is 327 g/mol. The topological polar surface area (TPSA) is 9.23 Å². The average molecular weight is 350 g/mol. The van der Waals surface area contributed by atoms with Gasteiger partial charge in [0, 0.05) is 5.79 Å². The molecule has 0 aliphatic rings. The highest BCUT2D eigenvalue weighted by Crippen LogP contribution is 2.37. The van der Waals surface area contributed by atoms with Crippen molar-refractivity contribution in [1.82, 2.24) is 0 Å². The van der Waals surface area contributed by atoms with Gasteiger partial charge in [-0.05, 0) is 43.8 Å². The minimum atomic E-state index is -1.84. The van der Waals surface area contributed by atoms with Crippen LogP contribution in [0, 0.1) is 0 Å². The van der Waals surface area contributed by atoms with Crippen molar-refractivity contribution in [2.75, 3.05) is 5.79 Å². The van der Waals surface area contributed by atoms with Crippen LogP contribution in [-0.4, -0.2) is 14.1 Å². The molecule has 0 aliphatic heterocycles. The molecule has 1 nitrogen and oxygen atoms in total. The molecule has 0 atom stereocenters. The van der Waals surface area contributed by atoms with Crippen molar-refractivity contribution in [2.45, 2.75) is 13.1 Å². The summed E-state index contributed by atoms with van der Waals surface area (Å²) in [7, 11) is -2.24. The third-order valence-corrected chi connectivity index (χ3v) is 10.8. The first-order chi connectivity index (χ1) is 11.6. The van der Waals surface area contributed by atoms with E-state index >= 15 is 0 Å². The van der Waals surface area contributed by atoms with E-state index in [-0.39, 0.29) is 0 Å². The summed E-state index contributed by atoms with van der Waals surface area (Å²) in [6, 6.07) is 32.0. The van der Waals surface area contributed by atoms with E-state index in [1.54, 1.807) is 0 Å². The van der Waals surface area contributed by atoms with E-state index in [4.69, 9.17) is 4.43 Å². The molecule has 3 rings (SSSR count). The van der Waals surface area contributed by atoms with Crippen molar-refractivity contribution in [1.29, 1.82) is 0 Å². The minimum Gasteiger partial charge on any atom is -0.544 e. The molecule has 3 aromatic rings. The molecule has 0 heterocycles. The number of benzene rings is 3. The first-order valence-electron chi connectivity index (χ1n) is 8.26. The van der Waals surface area contributed by atoms with E-state index in [9.17, 15) is 0 Å². The van der Waals surface area contributed by atoms with Gasteiger partial charge in [0.05, 0.1) is 0 Å². The van der Waals surface area contributed by atoms with Crippen LogP contribution >= 0.6 is 7.92 Å². The van der Waals surface area contributed by atoms with Crippen LogP contribution in [-0.2, 0) is 0 Å². The van der Waals surface area contributed by atoms with Crippen LogP contribution in [0.2, 0.25) is 13.1 Å². The maximum atomic E-state index is 6.43. The summed E-state index contributed by atoms with van der Waals surface area (Å²) in [4.78, 5) is 0. The molecule has 0 N–H and O–H groups in total. The standard InChI is InChI=1S/C21H23OPSi/c1-24(2,22-19-12-6-3-7-13-19)18-23(20-14-8-4-9-15-20)21-16-10-5-11-17-21/h3-17H,18H2,1-2H3. The fourth-order valence-electron chi connectivity index (χ4n) is 2.77. The molecular formula is C21H23OPSi. The van der Waals surface area contributed by atoms with E-state index in [2.05, 4.69) is 85.9 Å². The van der Waals surface area contributed by atoms with Crippen LogP contribution in [0.3, 0.4) is 0 Å². The molecule has 0 aliphatic carbocycles. The molecule has 0 aromatic heterocycles. The van der Waals surface area contributed by atoms with Gasteiger partial charge in [0.15, 0.2) is 0 Å². The Morgan fingerprint density at radius 1 is 0.667 bits per heavy atom. The van der Waals surface area contributed by atoms with Crippen molar-refractivity contribution in [3.05, 3.63) is 91.0 Å². The Bertz CT molecular complexity index is 705. The molecule has 0 unspecified atom stereocenters. The van der Waals surface area contributed by atoms with Crippen LogP contribution in [0.1, 0.15) is 0 Å². The van der Waals surface area contributed by atoms with Gasteiger partial charge in [-0.2, -0.15) is 0 Å². The molecule has 0 saturated heterocycles. The Labute approximate surface area is 147 Å². The third kappa shape index (κ3) is 4.56. The first-order valence-corrected chi connectivity index (χ1v) is 12.9. The molecule has 3 heteroatoms. The monoisotopic (exact) mass is 350 g/mol. The summed E-state index contributed by atoms with van der Waals surface area (Å²) >= 11 is 0. The van der Waals surface area contributed by atoms with Crippen molar-refractivity contribution < 1.29 is 4.43 Å². The maximum Gasteiger partial charge on any atom is 0.250 e. The zero-order valence-electron chi connectivity index (χ0n) is 14.2. The quantitative estimate of drug-likeness (QED) is 0.452. The molecule has 0 saturated carbocycles. The molecule has 0 spiro atoms. The fraction of sp³-hybridized carbons (Fsp3) is 0.143. The number of hydrogen-bond donors (Lipinski definition) is 0. The van der Waals surface area contributed by atoms with Gasteiger partial charge in [-0.3, -0.25) is 0 Å². The molecule has 0 fully saturated rings. The fourth-order valence-corrected chi connectivity index (χ4v) is 9.67. The maximum absolute atomic E-state index is 6.43. The predicted octanol–water partition coefficient (Wildman–Crippen LogP) is 4.94. The summed E-state index contributed by atoms with van der Waals surface area (Å²) in [5, 5.41) is 2.85. The Kier molecular flexibility index (Phi) is 5.50. The molecule has 122 valence electrons. The predicted molar refractivity (Wildman–Crippen MR) is 108 cm³/mol. The summed E-state index contributed by atoms with van der Waals surface area (Å²) < 4.78 is 6.43. The zero-order chi connectivity index (χ0) is 16.8. The lowest BCUT2D eigenvalue weighted by Crippen LogP contribution is -2.40. The smallest absolute Gasteiger partial charge is 0.250 e. The number of rotatable bonds is 6. The Morgan fingerprint density at radius 3 is 1.54 bits per heavy atom. The molecule has 0 radical (unpaired) electrons. The van der Waals surface area contributed by atoms with Crippen molar-refractivity contribution in [3.63, 3.8) is 0 Å². The van der Waals surface area contributed by atoms with Crippen LogP contribution in [0.25, 0.3) is 0 Å². The second-order valence-corrected chi connectivity index (χ2v) is 13.3. The lowest BCUT2D eigenvalue weighted by atomic mass is 10.3. The second-order valence-electron chi connectivity index (χ2n) is 6.43. The van der Waals surface area contributed by atoms with Gasteiger partial charge in [-0.1, -0.05) is 78.9 Å². The Morgan fingerprint density at radius 2 is 1.08 bits per heavy atom. The van der Waals surface area contributed by atoms with Gasteiger partial charge in [-0.15, -0.1) is 0 Å². The summed E-state index contributed by atoms with van der Waals surface area (Å²) in [5.41, 5.74) is 0. The normalized spacial score (nSPS) is 11.5. The molecule has 0 bridgehead atoms. The van der Waals surface area contributed by atoms with E-state index < -0.39 is 16.2 Å². The van der Waals surface area contributed by atoms with Gasteiger partial charge in [0.1, 0.15) is 5.75 Å². The lowest BCUT2D eigenvalue weighted by Gasteiger charge is -2.29. The van der Waals surface area contributed by atoms with Gasteiger partial charge in [0.25, 0.3) is 0 Å². The van der Waals surface area contributed by atoms with Crippen molar-refractivity contribution in [3.8, 4) is 5.75 Å². The van der Waals surface area contributed by atoms with Crippen LogP contribution in [0.5, 0.6) is 5.75 Å². The summed E-state index contributed by atoms with van der Waals surface area (Å²) in [6.07, 6.45) is 0. The average Bonchev–Trinajstić information content (AvgIpc) is 2.62. The Balaban J connectivity index is 1.86. The van der Waals surface area contributed by atoms with E-state index in [0.717, 1.165) is 11.5 Å². The van der Waals surface area contributed by atoms with E-state index in [0.29, 0.717) is 0 Å². The first kappa shape index (κ1) is 16.9. The van der Waals surface area contributed by atoms with E-state index in [1.165, 1.54) is 10.6 Å². The highest BCUT2D eigenvalue weighted by atomic mass is 31.1. The van der Waals surface area contributed by atoms with E-state index in [1.807, 2.05) is 18.2 Å². The largest absolute Gasteiger partial charge is 0.544 e. The number of hydrogen-bond acceptors (Lipinski definition) is 1. The van der Waals surface area contributed by atoms with Gasteiger partial charge >= 0.3 is 0 Å². The minimum absolute atomic E-state index is 0.398. The lowest BCUT2D eigenvalue weighted by molar-refractivity contribution is 0.556. The van der Waals surface area contributed by atoms with Crippen LogP contribution < -0.4 is 15.0 Å². The van der Waals surface area contributed by atoms with Gasteiger partial charge in [-0.25, -0.2) is 0 Å². The van der Waals surface area contributed by atoms with Gasteiger partial charge in [0.2, 0.25) is 8.32 Å². The molecule has 0 amide bonds. The third-order valence-electron chi connectivity index (χ3n) is 3.81. The molecule has 24 heavy (non-hydrogen) atoms. The highest BCUT2D eigenvalue weighted by Gasteiger charge is 2.30. The van der Waals surface area contributed by atoms with Crippen LogP contribution in [0.4, 0.5) is 0 Å². The summed E-state index contributed by atoms with van der Waals surface area (Å²) in [5.74, 6) is 2.11. The second kappa shape index (κ2) is 7.79. The van der Waals surface area contributed by atoms with Gasteiger partial charge < -0.3 is 4.43 Å².